The van der Waals surface area contributed by atoms with E-state index in [1.54, 1.807) is 10.7 Å². The zero-order valence-corrected chi connectivity index (χ0v) is 15.1. The molecule has 0 unspecified atom stereocenters. The Morgan fingerprint density at radius 1 is 1.25 bits per heavy atom. The Morgan fingerprint density at radius 3 is 2.67 bits per heavy atom. The highest BCUT2D eigenvalue weighted by Gasteiger charge is 2.20. The number of nitrogens with zero attached hydrogens (tertiary/aromatic N) is 3. The van der Waals surface area contributed by atoms with E-state index in [9.17, 15) is 4.79 Å². The molecule has 0 saturated heterocycles. The summed E-state index contributed by atoms with van der Waals surface area (Å²) in [5.74, 6) is 0.703. The molecule has 2 rings (SSSR count). The summed E-state index contributed by atoms with van der Waals surface area (Å²) in [6.07, 6.45) is 1.06. The zero-order chi connectivity index (χ0) is 17.5. The van der Waals surface area contributed by atoms with Crippen molar-refractivity contribution in [3.63, 3.8) is 0 Å². The number of nitrogens with one attached hydrogen (secondary N) is 2. The predicted octanol–water partition coefficient (Wildman–Crippen LogP) is 2.77. The molecule has 1 heterocycles. The highest BCUT2D eigenvalue weighted by Crippen LogP contribution is 2.23. The number of para-hydroxylation sites is 1. The molecule has 2 aromatic rings. The lowest BCUT2D eigenvalue weighted by atomic mass is 10.2. The van der Waals surface area contributed by atoms with E-state index in [2.05, 4.69) is 27.6 Å². The van der Waals surface area contributed by atoms with Crippen LogP contribution >= 0.6 is 11.6 Å². The third kappa shape index (κ3) is 4.55. The molecule has 0 aliphatic rings. The lowest BCUT2D eigenvalue weighted by molar-refractivity contribution is 0.0943. The first-order valence-corrected chi connectivity index (χ1v) is 8.63. The van der Waals surface area contributed by atoms with Crippen LogP contribution in [-0.4, -0.2) is 40.3 Å². The van der Waals surface area contributed by atoms with Crippen LogP contribution in [0.2, 0.25) is 5.02 Å². The summed E-state index contributed by atoms with van der Waals surface area (Å²) in [7, 11) is 0. The topological polar surface area (TPSA) is 71.8 Å². The Kier molecular flexibility index (Phi) is 6.75. The molecule has 24 heavy (non-hydrogen) atoms. The Hall–Kier alpha value is -1.92. The minimum atomic E-state index is -0.277. The van der Waals surface area contributed by atoms with E-state index in [1.807, 2.05) is 32.0 Å². The molecular formula is C17H24ClN5O. The first-order chi connectivity index (χ1) is 11.5. The molecule has 0 fully saturated rings. The predicted molar refractivity (Wildman–Crippen MR) is 96.0 cm³/mol. The van der Waals surface area contributed by atoms with Crippen molar-refractivity contribution < 1.29 is 4.79 Å². The molecule has 0 bridgehead atoms. The van der Waals surface area contributed by atoms with Crippen molar-refractivity contribution in [3.05, 3.63) is 40.9 Å². The van der Waals surface area contributed by atoms with Gasteiger partial charge < -0.3 is 10.6 Å². The number of benzene rings is 1. The minimum absolute atomic E-state index is 0.113. The summed E-state index contributed by atoms with van der Waals surface area (Å²) < 4.78 is 1.65. The van der Waals surface area contributed by atoms with Gasteiger partial charge in [-0.1, -0.05) is 44.5 Å². The maximum Gasteiger partial charge on any atom is 0.291 e. The maximum absolute atomic E-state index is 12.3. The monoisotopic (exact) mass is 349 g/mol. The van der Waals surface area contributed by atoms with Gasteiger partial charge in [0.15, 0.2) is 0 Å². The third-order valence-electron chi connectivity index (χ3n) is 3.45. The van der Waals surface area contributed by atoms with Crippen LogP contribution in [-0.2, 0) is 0 Å². The standard InChI is InChI=1S/C17H24ClN5O/c1-4-9-19-10-11-20-17(24)15-21-16(12(2)3)23(22-15)14-8-6-5-7-13(14)18/h5-8,12,19H,4,9-11H2,1-3H3,(H,20,24). The number of hydrogen-bond acceptors (Lipinski definition) is 4. The van der Waals surface area contributed by atoms with Crippen LogP contribution in [0.25, 0.3) is 5.69 Å². The Balaban J connectivity index is 2.16. The highest BCUT2D eigenvalue weighted by molar-refractivity contribution is 6.32. The first-order valence-electron chi connectivity index (χ1n) is 8.25. The normalized spacial score (nSPS) is 11.0. The van der Waals surface area contributed by atoms with Crippen LogP contribution in [0, 0.1) is 0 Å². The van der Waals surface area contributed by atoms with Gasteiger partial charge in [-0.15, -0.1) is 5.10 Å². The Labute approximate surface area is 147 Å². The molecule has 0 saturated carbocycles. The average molecular weight is 350 g/mol. The van der Waals surface area contributed by atoms with Gasteiger partial charge in [-0.05, 0) is 25.1 Å². The average Bonchev–Trinajstić information content (AvgIpc) is 3.00. The largest absolute Gasteiger partial charge is 0.348 e. The number of amides is 1. The van der Waals surface area contributed by atoms with Gasteiger partial charge in [0, 0.05) is 19.0 Å². The van der Waals surface area contributed by atoms with E-state index >= 15 is 0 Å². The van der Waals surface area contributed by atoms with Gasteiger partial charge in [-0.2, -0.15) is 0 Å². The first kappa shape index (κ1) is 18.4. The minimum Gasteiger partial charge on any atom is -0.348 e. The van der Waals surface area contributed by atoms with Gasteiger partial charge in [0.2, 0.25) is 5.82 Å². The van der Waals surface area contributed by atoms with E-state index < -0.39 is 0 Å². The molecule has 6 nitrogen and oxygen atoms in total. The van der Waals surface area contributed by atoms with Crippen molar-refractivity contribution in [1.29, 1.82) is 0 Å². The number of rotatable bonds is 8. The summed E-state index contributed by atoms with van der Waals surface area (Å²) in [5.41, 5.74) is 0.721. The maximum atomic E-state index is 12.3. The van der Waals surface area contributed by atoms with Crippen molar-refractivity contribution in [1.82, 2.24) is 25.4 Å². The number of halogens is 1. The molecule has 0 aliphatic heterocycles. The molecule has 1 aromatic carbocycles. The van der Waals surface area contributed by atoms with Crippen molar-refractivity contribution in [2.24, 2.45) is 0 Å². The molecule has 1 aromatic heterocycles. The van der Waals surface area contributed by atoms with Gasteiger partial charge in [0.05, 0.1) is 10.7 Å². The van der Waals surface area contributed by atoms with Gasteiger partial charge >= 0.3 is 0 Å². The lowest BCUT2D eigenvalue weighted by Gasteiger charge is -2.09. The Morgan fingerprint density at radius 2 is 2.00 bits per heavy atom. The number of aromatic nitrogens is 3. The fraction of sp³-hybridized carbons (Fsp3) is 0.471. The number of hydrogen-bond donors (Lipinski definition) is 2. The molecule has 0 atom stereocenters. The van der Waals surface area contributed by atoms with Crippen LogP contribution < -0.4 is 10.6 Å². The zero-order valence-electron chi connectivity index (χ0n) is 14.3. The smallest absolute Gasteiger partial charge is 0.291 e. The molecule has 0 radical (unpaired) electrons. The van der Waals surface area contributed by atoms with Crippen LogP contribution in [0.4, 0.5) is 0 Å². The van der Waals surface area contributed by atoms with Crippen LogP contribution in [0.15, 0.2) is 24.3 Å². The second-order valence-corrected chi connectivity index (χ2v) is 6.22. The molecule has 2 N–H and O–H groups in total. The van der Waals surface area contributed by atoms with E-state index in [0.29, 0.717) is 17.4 Å². The second kappa shape index (κ2) is 8.80. The van der Waals surface area contributed by atoms with Crippen molar-refractivity contribution in [2.45, 2.75) is 33.1 Å². The number of carbonyl (C=O) groups excluding carboxylic acids is 1. The van der Waals surface area contributed by atoms with Gasteiger partial charge in [0.1, 0.15) is 5.82 Å². The van der Waals surface area contributed by atoms with Gasteiger partial charge in [-0.3, -0.25) is 4.79 Å². The van der Waals surface area contributed by atoms with E-state index in [4.69, 9.17) is 11.6 Å². The van der Waals surface area contributed by atoms with E-state index in [-0.39, 0.29) is 17.6 Å². The second-order valence-electron chi connectivity index (χ2n) is 5.82. The van der Waals surface area contributed by atoms with E-state index in [0.717, 1.165) is 25.2 Å². The quantitative estimate of drug-likeness (QED) is 0.719. The van der Waals surface area contributed by atoms with E-state index in [1.165, 1.54) is 0 Å². The summed E-state index contributed by atoms with van der Waals surface area (Å²) in [6.45, 7) is 8.32. The highest BCUT2D eigenvalue weighted by atomic mass is 35.5. The van der Waals surface area contributed by atoms with Gasteiger partial charge in [0.25, 0.3) is 5.91 Å². The summed E-state index contributed by atoms with van der Waals surface area (Å²) in [6, 6.07) is 7.39. The van der Waals surface area contributed by atoms with Crippen molar-refractivity contribution in [2.75, 3.05) is 19.6 Å². The van der Waals surface area contributed by atoms with Crippen LogP contribution in [0.1, 0.15) is 49.6 Å². The fourth-order valence-corrected chi connectivity index (χ4v) is 2.46. The van der Waals surface area contributed by atoms with Crippen LogP contribution in [0.5, 0.6) is 0 Å². The Bertz CT molecular complexity index is 683. The van der Waals surface area contributed by atoms with Crippen molar-refractivity contribution in [3.8, 4) is 5.69 Å². The summed E-state index contributed by atoms with van der Waals surface area (Å²) in [5, 5.41) is 11.0. The number of carbonyl (C=O) groups is 1. The SMILES string of the molecule is CCCNCCNC(=O)c1nc(C(C)C)n(-c2ccccc2Cl)n1. The molecule has 1 amide bonds. The molecule has 7 heteroatoms. The van der Waals surface area contributed by atoms with Crippen LogP contribution in [0.3, 0.4) is 0 Å². The van der Waals surface area contributed by atoms with Gasteiger partial charge in [-0.25, -0.2) is 9.67 Å². The fourth-order valence-electron chi connectivity index (χ4n) is 2.24. The molecule has 0 spiro atoms. The third-order valence-corrected chi connectivity index (χ3v) is 3.77. The molecule has 0 aliphatic carbocycles. The van der Waals surface area contributed by atoms with Crippen molar-refractivity contribution >= 4 is 17.5 Å². The summed E-state index contributed by atoms with van der Waals surface area (Å²) >= 11 is 6.26. The molecule has 130 valence electrons. The summed E-state index contributed by atoms with van der Waals surface area (Å²) in [4.78, 5) is 16.7. The lowest BCUT2D eigenvalue weighted by Crippen LogP contribution is -2.32. The molecular weight excluding hydrogens is 326 g/mol.